The molecule has 0 saturated heterocycles. The zero-order valence-electron chi connectivity index (χ0n) is 8.74. The molecule has 0 aliphatic carbocycles. The van der Waals surface area contributed by atoms with Gasteiger partial charge in [-0.1, -0.05) is 0 Å². The van der Waals surface area contributed by atoms with Gasteiger partial charge in [-0.15, -0.1) is 0 Å². The lowest BCUT2D eigenvalue weighted by molar-refractivity contribution is -0.120. The topological polar surface area (TPSA) is 104 Å². The zero-order valence-corrected chi connectivity index (χ0v) is 8.74. The highest BCUT2D eigenvalue weighted by atomic mass is 16.2. The number of amides is 2. The summed E-state index contributed by atoms with van der Waals surface area (Å²) >= 11 is 0. The molecule has 0 unspecified atom stereocenters. The molecule has 7 heteroatoms. The maximum atomic E-state index is 11.4. The summed E-state index contributed by atoms with van der Waals surface area (Å²) < 4.78 is 0. The normalized spacial score (nSPS) is 9.56. The fourth-order valence-corrected chi connectivity index (χ4v) is 0.976. The minimum Gasteiger partial charge on any atom is -0.359 e. The maximum absolute atomic E-state index is 11.4. The molecule has 0 aliphatic heterocycles. The molecule has 0 aromatic carbocycles. The Hall–Kier alpha value is -2.18. The second-order valence-corrected chi connectivity index (χ2v) is 2.99. The Morgan fingerprint density at radius 3 is 2.75 bits per heavy atom. The minimum atomic E-state index is -0.430. The molecule has 0 atom stereocenters. The number of carbonyl (C=O) groups is 2. The molecule has 1 rings (SSSR count). The predicted molar refractivity (Wildman–Crippen MR) is 55.9 cm³/mol. The first-order valence-corrected chi connectivity index (χ1v) is 4.68. The highest BCUT2D eigenvalue weighted by Gasteiger charge is 2.07. The molecule has 2 amide bonds. The van der Waals surface area contributed by atoms with E-state index in [1.165, 1.54) is 19.2 Å². The lowest BCUT2D eigenvalue weighted by atomic mass is 10.3. The predicted octanol–water partition coefficient (Wildman–Crippen LogP) is -1.36. The average Bonchev–Trinajstić information content (AvgIpc) is 2.29. The number of aromatic nitrogens is 2. The molecule has 0 aliphatic rings. The number of aromatic amines is 1. The lowest BCUT2D eigenvalue weighted by Gasteiger charge is -2.03. The Bertz CT molecular complexity index is 420. The number of nitrogens with one attached hydrogen (secondary N) is 3. The molecule has 0 bridgehead atoms. The molecule has 0 fully saturated rings. The summed E-state index contributed by atoms with van der Waals surface area (Å²) in [6, 6.07) is 2.52. The molecular weight excluding hydrogens is 212 g/mol. The van der Waals surface area contributed by atoms with Gasteiger partial charge in [0.05, 0.1) is 0 Å². The molecule has 0 saturated carbocycles. The van der Waals surface area contributed by atoms with E-state index in [4.69, 9.17) is 0 Å². The molecule has 1 aromatic rings. The van der Waals surface area contributed by atoms with Gasteiger partial charge in [0.2, 0.25) is 5.91 Å². The largest absolute Gasteiger partial charge is 0.359 e. The Labute approximate surface area is 91.2 Å². The van der Waals surface area contributed by atoms with E-state index in [-0.39, 0.29) is 30.1 Å². The standard InChI is InChI=1S/C9H12N4O3/c1-10-7(14)4-5-11-9(16)6-2-3-8(15)13-12-6/h2-3H,4-5H2,1H3,(H,10,14)(H,11,16)(H,13,15). The molecule has 1 heterocycles. The Kier molecular flexibility index (Phi) is 4.19. The third-order valence-corrected chi connectivity index (χ3v) is 1.83. The van der Waals surface area contributed by atoms with Crippen molar-refractivity contribution in [1.29, 1.82) is 0 Å². The number of nitrogens with zero attached hydrogens (tertiary/aromatic N) is 1. The van der Waals surface area contributed by atoms with Crippen molar-refractivity contribution in [3.05, 3.63) is 28.2 Å². The number of hydrogen-bond acceptors (Lipinski definition) is 4. The van der Waals surface area contributed by atoms with E-state index in [0.29, 0.717) is 0 Å². The SMILES string of the molecule is CNC(=O)CCNC(=O)c1ccc(=O)[nH]n1. The van der Waals surface area contributed by atoms with Gasteiger partial charge in [0.15, 0.2) is 0 Å². The van der Waals surface area contributed by atoms with E-state index in [9.17, 15) is 14.4 Å². The summed E-state index contributed by atoms with van der Waals surface area (Å²) in [4.78, 5) is 32.9. The van der Waals surface area contributed by atoms with E-state index >= 15 is 0 Å². The van der Waals surface area contributed by atoms with Crippen LogP contribution in [0.2, 0.25) is 0 Å². The Balaban J connectivity index is 2.44. The maximum Gasteiger partial charge on any atom is 0.271 e. The first-order valence-electron chi connectivity index (χ1n) is 4.68. The van der Waals surface area contributed by atoms with Crippen LogP contribution in [0.1, 0.15) is 16.9 Å². The van der Waals surface area contributed by atoms with Crippen molar-refractivity contribution in [1.82, 2.24) is 20.8 Å². The summed E-state index contributed by atoms with van der Waals surface area (Å²) in [5.41, 5.74) is -0.265. The quantitative estimate of drug-likeness (QED) is 0.587. The van der Waals surface area contributed by atoms with Gasteiger partial charge in [0.1, 0.15) is 5.69 Å². The number of hydrogen-bond donors (Lipinski definition) is 3. The summed E-state index contributed by atoms with van der Waals surface area (Å²) in [5.74, 6) is -0.588. The van der Waals surface area contributed by atoms with Gasteiger partial charge in [0.25, 0.3) is 11.5 Å². The van der Waals surface area contributed by atoms with Crippen LogP contribution in [0.25, 0.3) is 0 Å². The van der Waals surface area contributed by atoms with Crippen LogP contribution < -0.4 is 16.2 Å². The van der Waals surface area contributed by atoms with Gasteiger partial charge in [-0.2, -0.15) is 5.10 Å². The smallest absolute Gasteiger partial charge is 0.271 e. The molecule has 0 spiro atoms. The zero-order chi connectivity index (χ0) is 12.0. The first-order chi connectivity index (χ1) is 7.63. The summed E-state index contributed by atoms with van der Waals surface area (Å²) in [6.45, 7) is 0.222. The monoisotopic (exact) mass is 224 g/mol. The number of carbonyl (C=O) groups excluding carboxylic acids is 2. The molecule has 0 radical (unpaired) electrons. The van der Waals surface area contributed by atoms with Gasteiger partial charge >= 0.3 is 0 Å². The van der Waals surface area contributed by atoms with Gasteiger partial charge < -0.3 is 10.6 Å². The number of rotatable bonds is 4. The molecule has 16 heavy (non-hydrogen) atoms. The molecule has 7 nitrogen and oxygen atoms in total. The van der Waals surface area contributed by atoms with Crippen LogP contribution in [-0.2, 0) is 4.79 Å². The van der Waals surface area contributed by atoms with Crippen LogP contribution in [0.3, 0.4) is 0 Å². The van der Waals surface area contributed by atoms with Crippen molar-refractivity contribution in [3.63, 3.8) is 0 Å². The van der Waals surface area contributed by atoms with Crippen molar-refractivity contribution in [2.75, 3.05) is 13.6 Å². The van der Waals surface area contributed by atoms with Gasteiger partial charge in [-0.05, 0) is 6.07 Å². The van der Waals surface area contributed by atoms with Crippen molar-refractivity contribution in [2.24, 2.45) is 0 Å². The van der Waals surface area contributed by atoms with Crippen LogP contribution >= 0.6 is 0 Å². The first kappa shape index (κ1) is 11.9. The van der Waals surface area contributed by atoms with Gasteiger partial charge in [-0.25, -0.2) is 5.10 Å². The third-order valence-electron chi connectivity index (χ3n) is 1.83. The van der Waals surface area contributed by atoms with Crippen molar-refractivity contribution < 1.29 is 9.59 Å². The van der Waals surface area contributed by atoms with Crippen LogP contribution in [-0.4, -0.2) is 35.6 Å². The third kappa shape index (κ3) is 3.52. The van der Waals surface area contributed by atoms with E-state index in [2.05, 4.69) is 20.8 Å². The molecule has 86 valence electrons. The van der Waals surface area contributed by atoms with Crippen LogP contribution in [0, 0.1) is 0 Å². The molecular formula is C9H12N4O3. The highest BCUT2D eigenvalue weighted by molar-refractivity contribution is 5.92. The Morgan fingerprint density at radius 2 is 2.19 bits per heavy atom. The van der Waals surface area contributed by atoms with E-state index in [1.54, 1.807) is 0 Å². The van der Waals surface area contributed by atoms with E-state index in [0.717, 1.165) is 0 Å². The highest BCUT2D eigenvalue weighted by Crippen LogP contribution is 1.88. The van der Waals surface area contributed by atoms with Crippen molar-refractivity contribution >= 4 is 11.8 Å². The second kappa shape index (κ2) is 5.64. The lowest BCUT2D eigenvalue weighted by Crippen LogP contribution is -2.30. The Morgan fingerprint density at radius 1 is 1.44 bits per heavy atom. The molecule has 1 aromatic heterocycles. The van der Waals surface area contributed by atoms with Crippen molar-refractivity contribution in [3.8, 4) is 0 Å². The average molecular weight is 224 g/mol. The van der Waals surface area contributed by atoms with Crippen LogP contribution in [0.4, 0.5) is 0 Å². The van der Waals surface area contributed by atoms with E-state index in [1.807, 2.05) is 0 Å². The van der Waals surface area contributed by atoms with Crippen LogP contribution in [0.5, 0.6) is 0 Å². The second-order valence-electron chi connectivity index (χ2n) is 2.99. The fraction of sp³-hybridized carbons (Fsp3) is 0.333. The number of H-pyrrole nitrogens is 1. The minimum absolute atomic E-state index is 0.108. The van der Waals surface area contributed by atoms with Crippen molar-refractivity contribution in [2.45, 2.75) is 6.42 Å². The molecule has 3 N–H and O–H groups in total. The summed E-state index contributed by atoms with van der Waals surface area (Å²) in [6.07, 6.45) is 0.200. The summed E-state index contributed by atoms with van der Waals surface area (Å²) in [7, 11) is 1.52. The summed E-state index contributed by atoms with van der Waals surface area (Å²) in [5, 5.41) is 10.6. The van der Waals surface area contributed by atoms with E-state index < -0.39 is 5.91 Å². The van der Waals surface area contributed by atoms with Gasteiger partial charge in [-0.3, -0.25) is 14.4 Å². The fourth-order valence-electron chi connectivity index (χ4n) is 0.976. The van der Waals surface area contributed by atoms with Gasteiger partial charge in [0, 0.05) is 26.1 Å². The van der Waals surface area contributed by atoms with Crippen LogP contribution in [0.15, 0.2) is 16.9 Å².